The van der Waals surface area contributed by atoms with Crippen LogP contribution in [-0.4, -0.2) is 10.2 Å². The van der Waals surface area contributed by atoms with Gasteiger partial charge in [-0.15, -0.1) is 0 Å². The monoisotopic (exact) mass is 327 g/mol. The molecule has 3 rings (SSSR count). The number of hydrogen-bond donors (Lipinski definition) is 2. The summed E-state index contributed by atoms with van der Waals surface area (Å²) in [5.74, 6) is 0. The summed E-state index contributed by atoms with van der Waals surface area (Å²) < 4.78 is 0.937. The molecule has 100 valence electrons. The fraction of sp³-hybridized carbons (Fsp3) is 0.0625. The molecule has 0 aliphatic carbocycles. The highest BCUT2D eigenvalue weighted by molar-refractivity contribution is 9.10. The summed E-state index contributed by atoms with van der Waals surface area (Å²) in [5.41, 5.74) is 10.9. The van der Waals surface area contributed by atoms with Gasteiger partial charge >= 0.3 is 0 Å². The van der Waals surface area contributed by atoms with Gasteiger partial charge in [0.25, 0.3) is 0 Å². The molecule has 0 saturated carbocycles. The standard InChI is InChI=1S/C16H14BrN3/c17-15-14(10-18)19-20-16(15)13-8-6-12(7-9-13)11-4-2-1-3-5-11/h1-9H,10,18H2,(H,19,20). The lowest BCUT2D eigenvalue weighted by Crippen LogP contribution is -1.96. The van der Waals surface area contributed by atoms with Gasteiger partial charge in [0.2, 0.25) is 0 Å². The third kappa shape index (κ3) is 2.40. The van der Waals surface area contributed by atoms with Crippen molar-refractivity contribution in [1.82, 2.24) is 10.2 Å². The van der Waals surface area contributed by atoms with Crippen LogP contribution in [0.4, 0.5) is 0 Å². The van der Waals surface area contributed by atoms with Gasteiger partial charge in [0, 0.05) is 12.1 Å². The van der Waals surface area contributed by atoms with Gasteiger partial charge in [-0.1, -0.05) is 54.6 Å². The third-order valence-electron chi connectivity index (χ3n) is 3.25. The van der Waals surface area contributed by atoms with Crippen molar-refractivity contribution in [2.24, 2.45) is 5.73 Å². The van der Waals surface area contributed by atoms with E-state index in [2.05, 4.69) is 62.5 Å². The number of rotatable bonds is 3. The second-order valence-corrected chi connectivity index (χ2v) is 5.31. The molecule has 0 saturated heterocycles. The molecule has 0 unspecified atom stereocenters. The molecule has 0 aliphatic heterocycles. The highest BCUT2D eigenvalue weighted by Crippen LogP contribution is 2.30. The van der Waals surface area contributed by atoms with Crippen molar-refractivity contribution in [2.75, 3.05) is 0 Å². The van der Waals surface area contributed by atoms with E-state index in [1.807, 2.05) is 18.2 Å². The molecule has 3 N–H and O–H groups in total. The van der Waals surface area contributed by atoms with Gasteiger partial charge in [-0.05, 0) is 27.1 Å². The van der Waals surface area contributed by atoms with E-state index in [0.29, 0.717) is 6.54 Å². The maximum Gasteiger partial charge on any atom is 0.107 e. The molecular weight excluding hydrogens is 314 g/mol. The van der Waals surface area contributed by atoms with E-state index in [1.54, 1.807) is 0 Å². The van der Waals surface area contributed by atoms with E-state index in [-0.39, 0.29) is 0 Å². The predicted octanol–water partition coefficient (Wildman–Crippen LogP) is 3.96. The van der Waals surface area contributed by atoms with Crippen molar-refractivity contribution in [3.8, 4) is 22.4 Å². The van der Waals surface area contributed by atoms with Crippen LogP contribution < -0.4 is 5.73 Å². The van der Waals surface area contributed by atoms with Gasteiger partial charge in [0.05, 0.1) is 10.2 Å². The van der Waals surface area contributed by atoms with Crippen LogP contribution in [0.25, 0.3) is 22.4 Å². The largest absolute Gasteiger partial charge is 0.325 e. The van der Waals surface area contributed by atoms with E-state index >= 15 is 0 Å². The fourth-order valence-electron chi connectivity index (χ4n) is 2.14. The van der Waals surface area contributed by atoms with E-state index in [0.717, 1.165) is 21.4 Å². The number of nitrogens with one attached hydrogen (secondary N) is 1. The Bertz CT molecular complexity index is 702. The maximum atomic E-state index is 5.64. The van der Waals surface area contributed by atoms with Crippen LogP contribution in [-0.2, 0) is 6.54 Å². The average molecular weight is 328 g/mol. The average Bonchev–Trinajstić information content (AvgIpc) is 2.89. The molecule has 20 heavy (non-hydrogen) atoms. The van der Waals surface area contributed by atoms with Crippen LogP contribution in [0.2, 0.25) is 0 Å². The topological polar surface area (TPSA) is 54.7 Å². The minimum absolute atomic E-state index is 0.440. The van der Waals surface area contributed by atoms with Crippen LogP contribution in [0, 0.1) is 0 Å². The molecule has 3 nitrogen and oxygen atoms in total. The van der Waals surface area contributed by atoms with Crippen LogP contribution >= 0.6 is 15.9 Å². The van der Waals surface area contributed by atoms with Crippen molar-refractivity contribution in [2.45, 2.75) is 6.54 Å². The minimum atomic E-state index is 0.440. The zero-order chi connectivity index (χ0) is 13.9. The molecule has 0 atom stereocenters. The first-order valence-electron chi connectivity index (χ1n) is 6.38. The van der Waals surface area contributed by atoms with Crippen LogP contribution in [0.1, 0.15) is 5.69 Å². The zero-order valence-electron chi connectivity index (χ0n) is 10.8. The molecule has 1 aromatic heterocycles. The molecule has 0 fully saturated rings. The van der Waals surface area contributed by atoms with E-state index in [4.69, 9.17) is 5.73 Å². The van der Waals surface area contributed by atoms with E-state index in [9.17, 15) is 0 Å². The molecule has 1 heterocycles. The number of hydrogen-bond acceptors (Lipinski definition) is 2. The molecule has 0 radical (unpaired) electrons. The van der Waals surface area contributed by atoms with Crippen molar-refractivity contribution >= 4 is 15.9 Å². The van der Waals surface area contributed by atoms with Gasteiger partial charge in [0.15, 0.2) is 0 Å². The molecule has 2 aromatic carbocycles. The SMILES string of the molecule is NCc1[nH]nc(-c2ccc(-c3ccccc3)cc2)c1Br. The predicted molar refractivity (Wildman–Crippen MR) is 85.1 cm³/mol. The van der Waals surface area contributed by atoms with Gasteiger partial charge in [0.1, 0.15) is 5.69 Å². The Morgan fingerprint density at radius 2 is 1.50 bits per heavy atom. The number of nitrogens with zero attached hydrogens (tertiary/aromatic N) is 1. The van der Waals surface area contributed by atoms with Crippen LogP contribution in [0.3, 0.4) is 0 Å². The second-order valence-electron chi connectivity index (χ2n) is 4.51. The molecule has 4 heteroatoms. The van der Waals surface area contributed by atoms with Gasteiger partial charge in [-0.25, -0.2) is 0 Å². The highest BCUT2D eigenvalue weighted by atomic mass is 79.9. The van der Waals surface area contributed by atoms with Gasteiger partial charge in [-0.3, -0.25) is 5.10 Å². The lowest BCUT2D eigenvalue weighted by molar-refractivity contribution is 0.945. The van der Waals surface area contributed by atoms with Crippen LogP contribution in [0.15, 0.2) is 59.1 Å². The number of benzene rings is 2. The summed E-state index contributed by atoms with van der Waals surface area (Å²) in [7, 11) is 0. The van der Waals surface area contributed by atoms with Crippen molar-refractivity contribution < 1.29 is 0 Å². The summed E-state index contributed by atoms with van der Waals surface area (Å²) in [4.78, 5) is 0. The maximum absolute atomic E-state index is 5.64. The number of aromatic amines is 1. The minimum Gasteiger partial charge on any atom is -0.325 e. The summed E-state index contributed by atoms with van der Waals surface area (Å²) in [6.45, 7) is 0.440. The Morgan fingerprint density at radius 1 is 0.900 bits per heavy atom. The number of halogens is 1. The lowest BCUT2D eigenvalue weighted by atomic mass is 10.0. The molecule has 0 spiro atoms. The first-order valence-corrected chi connectivity index (χ1v) is 7.17. The molecule has 0 amide bonds. The Morgan fingerprint density at radius 3 is 2.10 bits per heavy atom. The number of nitrogens with two attached hydrogens (primary N) is 1. The Labute approximate surface area is 126 Å². The normalized spacial score (nSPS) is 10.7. The highest BCUT2D eigenvalue weighted by Gasteiger charge is 2.11. The summed E-state index contributed by atoms with van der Waals surface area (Å²) in [5, 5.41) is 7.25. The molecular formula is C16H14BrN3. The first-order chi connectivity index (χ1) is 9.79. The Kier molecular flexibility index (Phi) is 3.67. The first kappa shape index (κ1) is 13.1. The smallest absolute Gasteiger partial charge is 0.107 e. The third-order valence-corrected chi connectivity index (χ3v) is 4.10. The van der Waals surface area contributed by atoms with E-state index < -0.39 is 0 Å². The van der Waals surface area contributed by atoms with Crippen molar-refractivity contribution in [1.29, 1.82) is 0 Å². The number of H-pyrrole nitrogens is 1. The van der Waals surface area contributed by atoms with Crippen molar-refractivity contribution in [3.05, 3.63) is 64.8 Å². The summed E-state index contributed by atoms with van der Waals surface area (Å²) in [6, 6.07) is 18.7. The zero-order valence-corrected chi connectivity index (χ0v) is 12.4. The Hall–Kier alpha value is -1.91. The van der Waals surface area contributed by atoms with Crippen molar-refractivity contribution in [3.63, 3.8) is 0 Å². The van der Waals surface area contributed by atoms with Gasteiger partial charge < -0.3 is 5.73 Å². The second kappa shape index (κ2) is 5.61. The summed E-state index contributed by atoms with van der Waals surface area (Å²) in [6.07, 6.45) is 0. The fourth-order valence-corrected chi connectivity index (χ4v) is 2.71. The molecule has 3 aromatic rings. The Balaban J connectivity index is 1.95. The lowest BCUT2D eigenvalue weighted by Gasteiger charge is -2.03. The van der Waals surface area contributed by atoms with Crippen LogP contribution in [0.5, 0.6) is 0 Å². The quantitative estimate of drug-likeness (QED) is 0.764. The van der Waals surface area contributed by atoms with Gasteiger partial charge in [-0.2, -0.15) is 5.10 Å². The molecule has 0 bridgehead atoms. The summed E-state index contributed by atoms with van der Waals surface area (Å²) >= 11 is 3.54. The molecule has 0 aliphatic rings. The number of aromatic nitrogens is 2. The van der Waals surface area contributed by atoms with E-state index in [1.165, 1.54) is 11.1 Å².